The van der Waals surface area contributed by atoms with E-state index in [1.807, 2.05) is 49.4 Å². The van der Waals surface area contributed by atoms with E-state index in [0.29, 0.717) is 37.1 Å². The lowest BCUT2D eigenvalue weighted by molar-refractivity contribution is -0.384. The van der Waals surface area contributed by atoms with Crippen LogP contribution < -0.4 is 0 Å². The van der Waals surface area contributed by atoms with Crippen molar-refractivity contribution in [1.29, 1.82) is 0 Å². The third kappa shape index (κ3) is 5.49. The van der Waals surface area contributed by atoms with Crippen LogP contribution in [0.4, 0.5) is 5.69 Å². The number of nitroso groups, excluding NO2 is 1. The highest BCUT2D eigenvalue weighted by molar-refractivity contribution is 7.53. The van der Waals surface area contributed by atoms with Gasteiger partial charge < -0.3 is 13.6 Å². The van der Waals surface area contributed by atoms with Crippen LogP contribution in [0.3, 0.4) is 0 Å². The van der Waals surface area contributed by atoms with Gasteiger partial charge in [0.15, 0.2) is 0 Å². The molecule has 4 rings (SSSR count). The Morgan fingerprint density at radius 1 is 1.00 bits per heavy atom. The van der Waals surface area contributed by atoms with Crippen LogP contribution in [0, 0.1) is 21.9 Å². The first-order chi connectivity index (χ1) is 17.8. The zero-order valence-corrected chi connectivity index (χ0v) is 22.0. The quantitative estimate of drug-likeness (QED) is 0.0821. The summed E-state index contributed by atoms with van der Waals surface area (Å²) in [7, 11) is -3.19. The highest BCUT2D eigenvalue weighted by atomic mass is 31.2. The van der Waals surface area contributed by atoms with Gasteiger partial charge >= 0.3 is 7.60 Å². The van der Waals surface area contributed by atoms with Crippen molar-refractivity contribution in [3.63, 3.8) is 0 Å². The van der Waals surface area contributed by atoms with Crippen LogP contribution in [0.25, 0.3) is 21.8 Å². The maximum atomic E-state index is 12.9. The normalized spacial score (nSPS) is 12.7. The Labute approximate surface area is 215 Å². The molecule has 0 aliphatic carbocycles. The standard InChI is InChI=1S/C27H30N3O6P/c1-4-35-37(34,36-5-2)16-8-15-29-25-13-11-20(27(28-31)22-10-7-6-9-19(22)3)17-23(25)24-18-21(30(32)33)12-14-26(24)29/h6-7,9-14,17-18,27H,4-5,8,15-16H2,1-3H3. The molecule has 0 fully saturated rings. The second-order valence-electron chi connectivity index (χ2n) is 8.77. The summed E-state index contributed by atoms with van der Waals surface area (Å²) in [6.07, 6.45) is 0.780. The van der Waals surface area contributed by atoms with Crippen LogP contribution in [0.1, 0.15) is 43.0 Å². The van der Waals surface area contributed by atoms with E-state index in [1.165, 1.54) is 6.07 Å². The fraction of sp³-hybridized carbons (Fsp3) is 0.333. The van der Waals surface area contributed by atoms with Gasteiger partial charge in [0.2, 0.25) is 0 Å². The number of nitrogens with zero attached hydrogens (tertiary/aromatic N) is 3. The van der Waals surface area contributed by atoms with Gasteiger partial charge in [-0.05, 0) is 62.1 Å². The topological polar surface area (TPSA) is 113 Å². The second kappa shape index (κ2) is 11.3. The van der Waals surface area contributed by atoms with Gasteiger partial charge in [-0.15, -0.1) is 4.91 Å². The molecule has 37 heavy (non-hydrogen) atoms. The molecule has 0 radical (unpaired) electrons. The molecule has 0 aliphatic rings. The summed E-state index contributed by atoms with van der Waals surface area (Å²) in [4.78, 5) is 23.1. The molecule has 1 unspecified atom stereocenters. The van der Waals surface area contributed by atoms with Crippen molar-refractivity contribution in [2.24, 2.45) is 5.18 Å². The van der Waals surface area contributed by atoms with Crippen molar-refractivity contribution >= 4 is 35.1 Å². The van der Waals surface area contributed by atoms with E-state index < -0.39 is 18.6 Å². The highest BCUT2D eigenvalue weighted by Crippen LogP contribution is 2.48. The Morgan fingerprint density at radius 2 is 1.65 bits per heavy atom. The van der Waals surface area contributed by atoms with Crippen molar-refractivity contribution in [3.8, 4) is 0 Å². The number of aryl methyl sites for hydroxylation is 2. The van der Waals surface area contributed by atoms with Crippen LogP contribution in [0.15, 0.2) is 65.8 Å². The number of hydrogen-bond donors (Lipinski definition) is 0. The molecule has 0 N–H and O–H groups in total. The molecule has 0 spiro atoms. The van der Waals surface area contributed by atoms with E-state index in [1.54, 1.807) is 26.0 Å². The minimum Gasteiger partial charge on any atom is -0.340 e. The van der Waals surface area contributed by atoms with Crippen LogP contribution in [0.5, 0.6) is 0 Å². The highest BCUT2D eigenvalue weighted by Gasteiger charge is 2.24. The average Bonchev–Trinajstić information content (AvgIpc) is 3.18. The third-order valence-corrected chi connectivity index (χ3v) is 8.62. The van der Waals surface area contributed by atoms with E-state index in [0.717, 1.165) is 27.5 Å². The van der Waals surface area contributed by atoms with Gasteiger partial charge in [-0.3, -0.25) is 14.7 Å². The zero-order chi connectivity index (χ0) is 26.6. The van der Waals surface area contributed by atoms with Crippen LogP contribution in [0.2, 0.25) is 0 Å². The molecule has 0 bridgehead atoms. The molecule has 4 aromatic rings. The van der Waals surface area contributed by atoms with Crippen molar-refractivity contribution < 1.29 is 18.5 Å². The number of hydrogen-bond acceptors (Lipinski definition) is 7. The van der Waals surface area contributed by atoms with Crippen molar-refractivity contribution in [2.75, 3.05) is 19.4 Å². The Morgan fingerprint density at radius 3 is 2.27 bits per heavy atom. The molecule has 0 saturated heterocycles. The number of aromatic nitrogens is 1. The van der Waals surface area contributed by atoms with Gasteiger partial charge in [0.25, 0.3) is 5.69 Å². The summed E-state index contributed by atoms with van der Waals surface area (Å²) in [6, 6.07) is 17.3. The lowest BCUT2D eigenvalue weighted by Crippen LogP contribution is -2.05. The smallest absolute Gasteiger partial charge is 0.330 e. The summed E-state index contributed by atoms with van der Waals surface area (Å²) in [6.45, 7) is 6.60. The molecule has 3 aromatic carbocycles. The minimum absolute atomic E-state index is 0.0156. The van der Waals surface area contributed by atoms with E-state index in [2.05, 4.69) is 9.74 Å². The maximum absolute atomic E-state index is 12.9. The van der Waals surface area contributed by atoms with Gasteiger partial charge in [0.1, 0.15) is 6.04 Å². The number of rotatable bonds is 12. The average molecular weight is 524 g/mol. The Balaban J connectivity index is 1.79. The molecule has 1 heterocycles. The molecular weight excluding hydrogens is 493 g/mol. The van der Waals surface area contributed by atoms with E-state index >= 15 is 0 Å². The number of non-ortho nitro benzene ring substituents is 1. The predicted molar refractivity (Wildman–Crippen MR) is 145 cm³/mol. The first-order valence-corrected chi connectivity index (χ1v) is 14.0. The molecule has 9 nitrogen and oxygen atoms in total. The van der Waals surface area contributed by atoms with Crippen LogP contribution in [-0.2, 0) is 20.2 Å². The van der Waals surface area contributed by atoms with Crippen molar-refractivity contribution in [1.82, 2.24) is 4.57 Å². The Hall–Kier alpha value is -3.39. The fourth-order valence-electron chi connectivity index (χ4n) is 4.81. The number of nitro groups is 1. The lowest BCUT2D eigenvalue weighted by atomic mass is 9.94. The maximum Gasteiger partial charge on any atom is 0.330 e. The summed E-state index contributed by atoms with van der Waals surface area (Å²) >= 11 is 0. The number of nitro benzene ring substituents is 1. The molecule has 1 aromatic heterocycles. The van der Waals surface area contributed by atoms with Gasteiger partial charge in [-0.2, -0.15) is 0 Å². The van der Waals surface area contributed by atoms with Crippen molar-refractivity contribution in [2.45, 2.75) is 39.8 Å². The monoisotopic (exact) mass is 523 g/mol. The molecule has 10 heteroatoms. The summed E-state index contributed by atoms with van der Waals surface area (Å²) in [5.74, 6) is 0. The fourth-order valence-corrected chi connectivity index (χ4v) is 6.46. The van der Waals surface area contributed by atoms with E-state index in [-0.39, 0.29) is 11.8 Å². The first kappa shape index (κ1) is 26.7. The zero-order valence-electron chi connectivity index (χ0n) is 21.1. The first-order valence-electron chi connectivity index (χ1n) is 12.3. The molecule has 194 valence electrons. The van der Waals surface area contributed by atoms with Crippen LogP contribution in [-0.4, -0.2) is 28.9 Å². The predicted octanol–water partition coefficient (Wildman–Crippen LogP) is 7.52. The van der Waals surface area contributed by atoms with E-state index in [4.69, 9.17) is 9.05 Å². The van der Waals surface area contributed by atoms with Crippen molar-refractivity contribution in [3.05, 3.63) is 92.4 Å². The Kier molecular flexibility index (Phi) is 8.17. The minimum atomic E-state index is -3.19. The number of fused-ring (bicyclic) bond motifs is 3. The molecule has 1 atom stereocenters. The molecule has 0 aliphatic heterocycles. The summed E-state index contributed by atoms with van der Waals surface area (Å²) < 4.78 is 25.8. The molecule has 0 saturated carbocycles. The Bertz CT molecular complexity index is 1490. The second-order valence-corrected chi connectivity index (χ2v) is 11.0. The molecule has 0 amide bonds. The van der Waals surface area contributed by atoms with E-state index in [9.17, 15) is 19.6 Å². The van der Waals surface area contributed by atoms with Gasteiger partial charge in [0, 0.05) is 40.5 Å². The summed E-state index contributed by atoms with van der Waals surface area (Å²) in [5, 5.41) is 16.4. The van der Waals surface area contributed by atoms with Gasteiger partial charge in [-0.25, -0.2) is 0 Å². The number of benzene rings is 3. The summed E-state index contributed by atoms with van der Waals surface area (Å²) in [5.41, 5.74) is 4.13. The lowest BCUT2D eigenvalue weighted by Gasteiger charge is -2.17. The van der Waals surface area contributed by atoms with Gasteiger partial charge in [-0.1, -0.05) is 35.5 Å². The SMILES string of the molecule is CCOP(=O)(CCCn1c2ccc(C(N=O)c3ccccc3C)cc2c2cc([N+](=O)[O-])ccc21)OCC. The van der Waals surface area contributed by atoms with Gasteiger partial charge in [0.05, 0.1) is 24.3 Å². The molecular formula is C27H30N3O6P. The third-order valence-electron chi connectivity index (χ3n) is 6.45. The largest absolute Gasteiger partial charge is 0.340 e. The van der Waals surface area contributed by atoms with Crippen LogP contribution >= 0.6 is 7.60 Å².